The Labute approximate surface area is 237 Å². The summed E-state index contributed by atoms with van der Waals surface area (Å²) in [5.41, 5.74) is 4.66. The quantitative estimate of drug-likeness (QED) is 0.191. The summed E-state index contributed by atoms with van der Waals surface area (Å²) >= 11 is 0. The standard InChI is InChI=1S/C35H50N2O2/c1-5-6-7-8-9-10-11-12-13-14-24-39-34-17-15-16-32(25-34)27-37(30(3)38)33-20-18-31(19-21-33)26-35(4)28-36-23-22-29(35)2/h15-23,25H,5-14,24,26-28H2,1-4H3. The molecule has 0 aromatic heterocycles. The molecule has 1 heterocycles. The summed E-state index contributed by atoms with van der Waals surface area (Å²) in [6.45, 7) is 10.5. The molecule has 1 atom stereocenters. The van der Waals surface area contributed by atoms with Crippen molar-refractivity contribution in [1.82, 2.24) is 0 Å². The van der Waals surface area contributed by atoms with Crippen LogP contribution >= 0.6 is 0 Å². The van der Waals surface area contributed by atoms with E-state index in [9.17, 15) is 4.79 Å². The maximum atomic E-state index is 12.6. The maximum absolute atomic E-state index is 12.6. The molecule has 1 aliphatic heterocycles. The monoisotopic (exact) mass is 530 g/mol. The van der Waals surface area contributed by atoms with Crippen LogP contribution in [0.1, 0.15) is 103 Å². The number of carbonyl (C=O) groups is 1. The van der Waals surface area contributed by atoms with Gasteiger partial charge in [-0.2, -0.15) is 0 Å². The molecule has 0 aliphatic carbocycles. The number of allylic oxidation sites excluding steroid dienone is 1. The number of nitrogens with zero attached hydrogens (tertiary/aromatic N) is 2. The molecule has 1 unspecified atom stereocenters. The van der Waals surface area contributed by atoms with E-state index in [2.05, 4.69) is 68.2 Å². The molecule has 212 valence electrons. The van der Waals surface area contributed by atoms with Crippen molar-refractivity contribution < 1.29 is 9.53 Å². The van der Waals surface area contributed by atoms with Crippen LogP contribution in [0.15, 0.2) is 65.2 Å². The van der Waals surface area contributed by atoms with Crippen LogP contribution in [-0.4, -0.2) is 25.3 Å². The highest BCUT2D eigenvalue weighted by Gasteiger charge is 2.27. The number of anilines is 1. The van der Waals surface area contributed by atoms with Gasteiger partial charge in [-0.25, -0.2) is 0 Å². The van der Waals surface area contributed by atoms with Crippen molar-refractivity contribution in [3.05, 3.63) is 71.3 Å². The third-order valence-corrected chi connectivity index (χ3v) is 8.05. The van der Waals surface area contributed by atoms with Gasteiger partial charge in [0.1, 0.15) is 5.75 Å². The van der Waals surface area contributed by atoms with Gasteiger partial charge < -0.3 is 9.64 Å². The Kier molecular flexibility index (Phi) is 12.8. The van der Waals surface area contributed by atoms with E-state index in [1.807, 2.05) is 23.2 Å². The molecule has 2 aromatic rings. The Morgan fingerprint density at radius 2 is 1.59 bits per heavy atom. The van der Waals surface area contributed by atoms with Gasteiger partial charge in [0.2, 0.25) is 5.91 Å². The van der Waals surface area contributed by atoms with E-state index < -0.39 is 0 Å². The third-order valence-electron chi connectivity index (χ3n) is 8.05. The van der Waals surface area contributed by atoms with Gasteiger partial charge in [0.25, 0.3) is 0 Å². The summed E-state index contributed by atoms with van der Waals surface area (Å²) in [6.07, 6.45) is 18.2. The first kappa shape index (κ1) is 30.7. The lowest BCUT2D eigenvalue weighted by atomic mass is 9.76. The highest BCUT2D eigenvalue weighted by atomic mass is 16.5. The zero-order valence-electron chi connectivity index (χ0n) is 24.9. The summed E-state index contributed by atoms with van der Waals surface area (Å²) in [6, 6.07) is 16.6. The van der Waals surface area contributed by atoms with Crippen LogP contribution in [-0.2, 0) is 17.8 Å². The minimum absolute atomic E-state index is 0.0341. The number of hydrogen-bond donors (Lipinski definition) is 0. The van der Waals surface area contributed by atoms with E-state index >= 15 is 0 Å². The van der Waals surface area contributed by atoms with Crippen molar-refractivity contribution in [2.24, 2.45) is 10.4 Å². The number of aliphatic imine (C=N–C) groups is 1. The molecule has 4 heteroatoms. The molecule has 0 bridgehead atoms. The van der Waals surface area contributed by atoms with Gasteiger partial charge in [-0.1, -0.05) is 101 Å². The Hall–Kier alpha value is -2.88. The number of benzene rings is 2. The summed E-state index contributed by atoms with van der Waals surface area (Å²) in [5, 5.41) is 0. The lowest BCUT2D eigenvalue weighted by Crippen LogP contribution is -2.28. The molecule has 1 aliphatic rings. The number of carbonyl (C=O) groups excluding carboxylic acids is 1. The zero-order valence-corrected chi connectivity index (χ0v) is 24.9. The SMILES string of the molecule is CCCCCCCCCCCCOc1cccc(CN(C(C)=O)c2ccc(CC3(C)CN=CC=C3C)cc2)c1. The molecule has 0 N–H and O–H groups in total. The fourth-order valence-corrected chi connectivity index (χ4v) is 5.26. The molecular formula is C35H50N2O2. The first-order valence-electron chi connectivity index (χ1n) is 15.2. The van der Waals surface area contributed by atoms with Gasteiger partial charge in [-0.05, 0) is 61.2 Å². The summed E-state index contributed by atoms with van der Waals surface area (Å²) in [5.74, 6) is 0.917. The van der Waals surface area contributed by atoms with Crippen LogP contribution in [0.4, 0.5) is 5.69 Å². The van der Waals surface area contributed by atoms with Crippen molar-refractivity contribution in [2.75, 3.05) is 18.1 Å². The first-order chi connectivity index (χ1) is 18.9. The number of hydrogen-bond acceptors (Lipinski definition) is 3. The van der Waals surface area contributed by atoms with Crippen LogP contribution in [0.25, 0.3) is 0 Å². The smallest absolute Gasteiger partial charge is 0.224 e. The summed E-state index contributed by atoms with van der Waals surface area (Å²) in [7, 11) is 0. The highest BCUT2D eigenvalue weighted by Crippen LogP contribution is 2.33. The van der Waals surface area contributed by atoms with E-state index in [1.54, 1.807) is 6.92 Å². The number of ether oxygens (including phenoxy) is 1. The minimum Gasteiger partial charge on any atom is -0.494 e. The van der Waals surface area contributed by atoms with Gasteiger partial charge in [0.15, 0.2) is 0 Å². The van der Waals surface area contributed by atoms with Crippen LogP contribution in [0.5, 0.6) is 5.75 Å². The second-order valence-electron chi connectivity index (χ2n) is 11.5. The lowest BCUT2D eigenvalue weighted by Gasteiger charge is -2.31. The molecular weight excluding hydrogens is 480 g/mol. The molecule has 4 nitrogen and oxygen atoms in total. The Balaban J connectivity index is 1.45. The van der Waals surface area contributed by atoms with Crippen LogP contribution in [0, 0.1) is 5.41 Å². The van der Waals surface area contributed by atoms with Crippen molar-refractivity contribution in [2.45, 2.75) is 105 Å². The van der Waals surface area contributed by atoms with Crippen molar-refractivity contribution in [1.29, 1.82) is 0 Å². The third kappa shape index (κ3) is 10.3. The van der Waals surface area contributed by atoms with Crippen molar-refractivity contribution in [3.8, 4) is 5.75 Å². The van der Waals surface area contributed by atoms with Gasteiger partial charge >= 0.3 is 0 Å². The minimum atomic E-state index is 0.0341. The normalized spacial score (nSPS) is 16.7. The maximum Gasteiger partial charge on any atom is 0.224 e. The number of unbranched alkanes of at least 4 members (excludes halogenated alkanes) is 9. The van der Waals surface area contributed by atoms with E-state index in [4.69, 9.17) is 4.74 Å². The fourth-order valence-electron chi connectivity index (χ4n) is 5.26. The van der Waals surface area contributed by atoms with Gasteiger partial charge in [0.05, 0.1) is 13.2 Å². The van der Waals surface area contributed by atoms with E-state index in [0.717, 1.165) is 43.0 Å². The summed E-state index contributed by atoms with van der Waals surface area (Å²) in [4.78, 5) is 18.9. The van der Waals surface area contributed by atoms with E-state index in [-0.39, 0.29) is 11.3 Å². The number of dihydropyridines is 1. The molecule has 39 heavy (non-hydrogen) atoms. The largest absolute Gasteiger partial charge is 0.494 e. The zero-order chi connectivity index (χ0) is 27.9. The number of rotatable bonds is 17. The van der Waals surface area contributed by atoms with Crippen molar-refractivity contribution in [3.63, 3.8) is 0 Å². The molecule has 0 spiro atoms. The highest BCUT2D eigenvalue weighted by molar-refractivity contribution is 5.91. The molecule has 1 amide bonds. The van der Waals surface area contributed by atoms with Gasteiger partial charge in [-0.15, -0.1) is 0 Å². The van der Waals surface area contributed by atoms with Crippen LogP contribution in [0.3, 0.4) is 0 Å². The number of amides is 1. The average Bonchev–Trinajstić information content (AvgIpc) is 2.93. The predicted molar refractivity (Wildman–Crippen MR) is 166 cm³/mol. The predicted octanol–water partition coefficient (Wildman–Crippen LogP) is 9.12. The van der Waals surface area contributed by atoms with E-state index in [1.165, 1.54) is 68.9 Å². The molecule has 0 saturated carbocycles. The van der Waals surface area contributed by atoms with Crippen molar-refractivity contribution >= 4 is 17.8 Å². The second-order valence-corrected chi connectivity index (χ2v) is 11.5. The Bertz CT molecular complexity index is 1070. The van der Waals surface area contributed by atoms with Gasteiger partial charge in [-0.3, -0.25) is 9.79 Å². The Morgan fingerprint density at radius 3 is 2.23 bits per heavy atom. The fraction of sp³-hybridized carbons (Fsp3) is 0.543. The molecule has 0 saturated heterocycles. The first-order valence-corrected chi connectivity index (χ1v) is 15.2. The topological polar surface area (TPSA) is 41.9 Å². The molecule has 0 radical (unpaired) electrons. The van der Waals surface area contributed by atoms with Crippen LogP contribution < -0.4 is 9.64 Å². The molecule has 3 rings (SSSR count). The van der Waals surface area contributed by atoms with Crippen LogP contribution in [0.2, 0.25) is 0 Å². The lowest BCUT2D eigenvalue weighted by molar-refractivity contribution is -0.116. The average molecular weight is 531 g/mol. The van der Waals surface area contributed by atoms with Gasteiger partial charge in [0, 0.05) is 30.8 Å². The van der Waals surface area contributed by atoms with E-state index in [0.29, 0.717) is 6.54 Å². The second kappa shape index (κ2) is 16.3. The Morgan fingerprint density at radius 1 is 0.923 bits per heavy atom. The summed E-state index contributed by atoms with van der Waals surface area (Å²) < 4.78 is 6.05. The molecule has 0 fully saturated rings. The molecule has 2 aromatic carbocycles.